The molecular weight excluding hydrogens is 208 g/mol. The molecule has 0 saturated carbocycles. The van der Waals surface area contributed by atoms with Gasteiger partial charge in [0.25, 0.3) is 0 Å². The Balaban J connectivity index is 1.89. The number of benzene rings is 1. The van der Waals surface area contributed by atoms with E-state index in [0.29, 0.717) is 12.2 Å². The molecule has 0 bridgehead atoms. The van der Waals surface area contributed by atoms with Gasteiger partial charge in [0.2, 0.25) is 12.9 Å². The largest absolute Gasteiger partial charge is 0.454 e. The summed E-state index contributed by atoms with van der Waals surface area (Å²) < 4.78 is 10.5. The van der Waals surface area contributed by atoms with Crippen LogP contribution in [-0.4, -0.2) is 18.6 Å². The quantitative estimate of drug-likeness (QED) is 0.712. The van der Waals surface area contributed by atoms with Gasteiger partial charge in [0.05, 0.1) is 5.71 Å². The number of rotatable bonds is 1. The van der Waals surface area contributed by atoms with E-state index in [-0.39, 0.29) is 6.79 Å². The molecule has 16 heavy (non-hydrogen) atoms. The number of hydrogen-bond acceptors (Lipinski definition) is 5. The van der Waals surface area contributed by atoms with Crippen LogP contribution in [0.5, 0.6) is 11.5 Å². The van der Waals surface area contributed by atoms with Crippen molar-refractivity contribution in [2.24, 2.45) is 5.16 Å². The molecule has 2 heterocycles. The van der Waals surface area contributed by atoms with Crippen molar-refractivity contribution in [2.75, 3.05) is 6.79 Å². The van der Waals surface area contributed by atoms with Crippen LogP contribution < -0.4 is 9.47 Å². The fourth-order valence-corrected chi connectivity index (χ4v) is 1.69. The lowest BCUT2D eigenvalue weighted by Crippen LogP contribution is -2.05. The minimum absolute atomic E-state index is 0.253. The smallest absolute Gasteiger partial charge is 0.231 e. The van der Waals surface area contributed by atoms with Crippen LogP contribution in [0.25, 0.3) is 0 Å². The molecule has 0 aromatic heterocycles. The van der Waals surface area contributed by atoms with E-state index in [0.717, 1.165) is 17.0 Å². The summed E-state index contributed by atoms with van der Waals surface area (Å²) in [4.78, 5) is 4.94. The fourth-order valence-electron chi connectivity index (χ4n) is 1.69. The monoisotopic (exact) mass is 216 g/mol. The molecule has 1 aromatic carbocycles. The molecule has 2 aliphatic heterocycles. The zero-order chi connectivity index (χ0) is 11.0. The topological polar surface area (TPSA) is 63.8 Å². The number of fused-ring (bicyclic) bond motifs is 1. The van der Waals surface area contributed by atoms with Gasteiger partial charge < -0.3 is 14.3 Å². The van der Waals surface area contributed by atoms with Crippen LogP contribution in [0, 0.1) is 11.3 Å². The maximum atomic E-state index is 8.69. The van der Waals surface area contributed by atoms with E-state index < -0.39 is 6.10 Å². The summed E-state index contributed by atoms with van der Waals surface area (Å²) in [6.07, 6.45) is 0.0382. The lowest BCUT2D eigenvalue weighted by Gasteiger charge is -2.00. The first-order valence-electron chi connectivity index (χ1n) is 4.89. The average molecular weight is 216 g/mol. The molecule has 80 valence electrons. The lowest BCUT2D eigenvalue weighted by molar-refractivity contribution is 0.125. The van der Waals surface area contributed by atoms with Gasteiger partial charge in [0.1, 0.15) is 6.07 Å². The van der Waals surface area contributed by atoms with E-state index in [4.69, 9.17) is 19.6 Å². The zero-order valence-corrected chi connectivity index (χ0v) is 8.34. The Morgan fingerprint density at radius 3 is 3.00 bits per heavy atom. The SMILES string of the molecule is N#CC1CC(c2ccc3c(c2)OCO3)=NO1. The third-order valence-corrected chi connectivity index (χ3v) is 2.52. The lowest BCUT2D eigenvalue weighted by atomic mass is 10.1. The maximum Gasteiger partial charge on any atom is 0.231 e. The van der Waals surface area contributed by atoms with Crippen molar-refractivity contribution >= 4 is 5.71 Å². The first-order valence-corrected chi connectivity index (χ1v) is 4.89. The second kappa shape index (κ2) is 3.42. The van der Waals surface area contributed by atoms with Crippen LogP contribution in [0.1, 0.15) is 12.0 Å². The van der Waals surface area contributed by atoms with Gasteiger partial charge in [-0.1, -0.05) is 5.16 Å². The molecule has 5 nitrogen and oxygen atoms in total. The highest BCUT2D eigenvalue weighted by atomic mass is 16.7. The number of oxime groups is 1. The van der Waals surface area contributed by atoms with Gasteiger partial charge in [-0.2, -0.15) is 5.26 Å². The Morgan fingerprint density at radius 1 is 1.31 bits per heavy atom. The summed E-state index contributed by atoms with van der Waals surface area (Å²) in [6, 6.07) is 7.59. The molecule has 5 heteroatoms. The summed E-state index contributed by atoms with van der Waals surface area (Å²) in [5.74, 6) is 1.45. The van der Waals surface area contributed by atoms with Crippen molar-refractivity contribution in [2.45, 2.75) is 12.5 Å². The van der Waals surface area contributed by atoms with Crippen molar-refractivity contribution in [3.63, 3.8) is 0 Å². The van der Waals surface area contributed by atoms with Gasteiger partial charge in [0.15, 0.2) is 11.5 Å². The minimum Gasteiger partial charge on any atom is -0.454 e. The van der Waals surface area contributed by atoms with Crippen molar-refractivity contribution in [3.8, 4) is 17.6 Å². The van der Waals surface area contributed by atoms with Crippen molar-refractivity contribution < 1.29 is 14.3 Å². The molecular formula is C11H8N2O3. The molecule has 0 N–H and O–H groups in total. The standard InChI is InChI=1S/C11H8N2O3/c12-5-8-4-9(13-16-8)7-1-2-10-11(3-7)15-6-14-10/h1-3,8H,4,6H2. The van der Waals surface area contributed by atoms with Crippen molar-refractivity contribution in [3.05, 3.63) is 23.8 Å². The predicted octanol–water partition coefficient (Wildman–Crippen LogP) is 1.43. The summed E-state index contributed by atoms with van der Waals surface area (Å²) in [6.45, 7) is 0.253. The highest BCUT2D eigenvalue weighted by Crippen LogP contribution is 2.33. The first-order chi connectivity index (χ1) is 7.86. The third kappa shape index (κ3) is 1.36. The van der Waals surface area contributed by atoms with Crippen LogP contribution in [-0.2, 0) is 4.84 Å². The fraction of sp³-hybridized carbons (Fsp3) is 0.273. The molecule has 2 aliphatic rings. The summed E-state index contributed by atoms with van der Waals surface area (Å²) in [5.41, 5.74) is 1.67. The van der Waals surface area contributed by atoms with E-state index in [1.165, 1.54) is 0 Å². The summed E-state index contributed by atoms with van der Waals surface area (Å²) in [5, 5.41) is 12.6. The van der Waals surface area contributed by atoms with Gasteiger partial charge in [0, 0.05) is 12.0 Å². The average Bonchev–Trinajstić information content (AvgIpc) is 2.96. The molecule has 0 fully saturated rings. The zero-order valence-electron chi connectivity index (χ0n) is 8.34. The number of hydrogen-bond donors (Lipinski definition) is 0. The second-order valence-electron chi connectivity index (χ2n) is 3.53. The van der Waals surface area contributed by atoms with E-state index >= 15 is 0 Å². The van der Waals surface area contributed by atoms with Crippen molar-refractivity contribution in [1.82, 2.24) is 0 Å². The minimum atomic E-state index is -0.472. The normalized spacial score (nSPS) is 21.2. The van der Waals surface area contributed by atoms with E-state index in [1.54, 1.807) is 0 Å². The molecule has 0 saturated heterocycles. The summed E-state index contributed by atoms with van der Waals surface area (Å²) >= 11 is 0. The van der Waals surface area contributed by atoms with Crippen LogP contribution >= 0.6 is 0 Å². The Kier molecular flexibility index (Phi) is 1.93. The van der Waals surface area contributed by atoms with Crippen LogP contribution in [0.2, 0.25) is 0 Å². The van der Waals surface area contributed by atoms with Crippen LogP contribution in [0.4, 0.5) is 0 Å². The molecule has 0 aliphatic carbocycles. The molecule has 1 unspecified atom stereocenters. The van der Waals surface area contributed by atoms with E-state index in [9.17, 15) is 0 Å². The molecule has 3 rings (SSSR count). The van der Waals surface area contributed by atoms with E-state index in [1.807, 2.05) is 24.3 Å². The van der Waals surface area contributed by atoms with Gasteiger partial charge in [-0.05, 0) is 18.2 Å². The van der Waals surface area contributed by atoms with Crippen LogP contribution in [0.3, 0.4) is 0 Å². The molecule has 1 aromatic rings. The highest BCUT2D eigenvalue weighted by Gasteiger charge is 2.23. The third-order valence-electron chi connectivity index (χ3n) is 2.52. The van der Waals surface area contributed by atoms with Gasteiger partial charge in [-0.15, -0.1) is 0 Å². The highest BCUT2D eigenvalue weighted by molar-refractivity contribution is 6.02. The Bertz CT molecular complexity index is 504. The Morgan fingerprint density at radius 2 is 2.19 bits per heavy atom. The first kappa shape index (κ1) is 9.04. The van der Waals surface area contributed by atoms with Gasteiger partial charge in [-0.25, -0.2) is 0 Å². The predicted molar refractivity (Wildman–Crippen MR) is 54.2 cm³/mol. The Labute approximate surface area is 91.8 Å². The molecule has 0 amide bonds. The molecule has 1 atom stereocenters. The van der Waals surface area contributed by atoms with Gasteiger partial charge >= 0.3 is 0 Å². The maximum absolute atomic E-state index is 8.69. The number of ether oxygens (including phenoxy) is 2. The Hall–Kier alpha value is -2.22. The second-order valence-corrected chi connectivity index (χ2v) is 3.53. The molecule has 0 spiro atoms. The summed E-state index contributed by atoms with van der Waals surface area (Å²) in [7, 11) is 0. The molecule has 0 radical (unpaired) electrons. The van der Waals surface area contributed by atoms with Gasteiger partial charge in [-0.3, -0.25) is 0 Å². The van der Waals surface area contributed by atoms with E-state index in [2.05, 4.69) is 5.16 Å². The number of nitriles is 1. The number of nitrogens with zero attached hydrogens (tertiary/aromatic N) is 2. The van der Waals surface area contributed by atoms with Crippen LogP contribution in [0.15, 0.2) is 23.4 Å². The van der Waals surface area contributed by atoms with Crippen molar-refractivity contribution in [1.29, 1.82) is 5.26 Å².